The minimum Gasteiger partial charge on any atom is -0.475 e. The van der Waals surface area contributed by atoms with Crippen molar-refractivity contribution in [1.29, 1.82) is 0 Å². The molecule has 8 nitrogen and oxygen atoms in total. The molecule has 0 bridgehead atoms. The maximum absolute atomic E-state index is 13.8. The first-order valence-electron chi connectivity index (χ1n) is 16.0. The molecule has 0 aliphatic carbocycles. The summed E-state index contributed by atoms with van der Waals surface area (Å²) in [5, 5.41) is 7.60. The van der Waals surface area contributed by atoms with Crippen LogP contribution < -0.4 is 0 Å². The number of likely N-dealkylation sites (N-methyl/N-ethyl adjacent to an activating group) is 1. The maximum atomic E-state index is 13.8. The summed E-state index contributed by atoms with van der Waals surface area (Å²) in [5.74, 6) is -4.64. The number of carboxylic acids is 1. The van der Waals surface area contributed by atoms with Gasteiger partial charge in [0.1, 0.15) is 6.10 Å². The first-order chi connectivity index (χ1) is 25.1. The van der Waals surface area contributed by atoms with Crippen molar-refractivity contribution >= 4 is 41.0 Å². The molecule has 19 heteroatoms. The zero-order valence-electron chi connectivity index (χ0n) is 28.1. The smallest absolute Gasteiger partial charge is 0.475 e. The summed E-state index contributed by atoms with van der Waals surface area (Å²) >= 11 is 12.4. The Morgan fingerprint density at radius 3 is 1.96 bits per heavy atom. The monoisotopic (exact) mass is 815 g/mol. The predicted molar refractivity (Wildman–Crippen MR) is 178 cm³/mol. The Labute approximate surface area is 313 Å². The lowest BCUT2D eigenvalue weighted by Gasteiger charge is -2.44. The van der Waals surface area contributed by atoms with Gasteiger partial charge < -0.3 is 19.6 Å². The van der Waals surface area contributed by atoms with Crippen LogP contribution in [0.3, 0.4) is 0 Å². The third-order valence-corrected chi connectivity index (χ3v) is 9.57. The number of hydrogen-bond donors (Lipinski definition) is 1. The largest absolute Gasteiger partial charge is 0.490 e. The van der Waals surface area contributed by atoms with Crippen molar-refractivity contribution in [3.63, 3.8) is 0 Å². The number of alkyl halides is 9. The molecule has 54 heavy (non-hydrogen) atoms. The van der Waals surface area contributed by atoms with E-state index >= 15 is 0 Å². The highest BCUT2D eigenvalue weighted by Gasteiger charge is 2.42. The molecule has 1 unspecified atom stereocenters. The molecular formula is C35H32Cl2F9N3O5. The number of hydrogen-bond acceptors (Lipinski definition) is 5. The van der Waals surface area contributed by atoms with Crippen molar-refractivity contribution in [3.05, 3.63) is 105 Å². The van der Waals surface area contributed by atoms with E-state index in [4.69, 9.17) is 37.8 Å². The number of likely N-dealkylation sites (tertiary alicyclic amines) is 1. The fourth-order valence-electron chi connectivity index (χ4n) is 6.15. The Morgan fingerprint density at radius 1 is 0.833 bits per heavy atom. The van der Waals surface area contributed by atoms with Crippen molar-refractivity contribution in [3.8, 4) is 0 Å². The number of amides is 2. The number of carbonyl (C=O) groups is 3. The molecule has 0 spiro atoms. The number of carbonyl (C=O) groups excluding carboxylic acids is 2. The lowest BCUT2D eigenvalue weighted by molar-refractivity contribution is -0.192. The molecule has 5 rings (SSSR count). The van der Waals surface area contributed by atoms with Crippen molar-refractivity contribution in [1.82, 2.24) is 14.7 Å². The van der Waals surface area contributed by atoms with Gasteiger partial charge in [0, 0.05) is 57.3 Å². The van der Waals surface area contributed by atoms with E-state index in [1.807, 2.05) is 30.3 Å². The van der Waals surface area contributed by atoms with Crippen LogP contribution in [0.25, 0.3) is 0 Å². The molecule has 2 amide bonds. The molecule has 3 aromatic rings. The van der Waals surface area contributed by atoms with Crippen LogP contribution in [0, 0.1) is 0 Å². The normalized spacial score (nSPS) is 19.8. The number of aliphatic carboxylic acids is 1. The van der Waals surface area contributed by atoms with Gasteiger partial charge in [-0.3, -0.25) is 14.5 Å². The van der Waals surface area contributed by atoms with Crippen molar-refractivity contribution in [2.75, 3.05) is 39.8 Å². The zero-order valence-corrected chi connectivity index (χ0v) is 29.6. The molecule has 294 valence electrons. The number of ether oxygens (including phenoxy) is 1. The molecule has 2 heterocycles. The first kappa shape index (κ1) is 42.7. The topological polar surface area (TPSA) is 90.4 Å². The van der Waals surface area contributed by atoms with Gasteiger partial charge in [-0.05, 0) is 47.9 Å². The van der Waals surface area contributed by atoms with Crippen molar-refractivity contribution < 1.29 is 63.7 Å². The van der Waals surface area contributed by atoms with Gasteiger partial charge in [0.2, 0.25) is 0 Å². The van der Waals surface area contributed by atoms with Crippen molar-refractivity contribution in [2.24, 2.45) is 0 Å². The fourth-order valence-corrected chi connectivity index (χ4v) is 6.45. The van der Waals surface area contributed by atoms with Crippen LogP contribution in [0.4, 0.5) is 39.5 Å². The van der Waals surface area contributed by atoms with Crippen LogP contribution in [0.1, 0.15) is 45.0 Å². The number of halogens is 11. The summed E-state index contributed by atoms with van der Waals surface area (Å²) in [7, 11) is 1.33. The number of nitrogens with zero attached hydrogens (tertiary/aromatic N) is 3. The summed E-state index contributed by atoms with van der Waals surface area (Å²) in [6.45, 7) is 2.26. The summed E-state index contributed by atoms with van der Waals surface area (Å²) in [6, 6.07) is 14.7. The number of rotatable bonds is 6. The van der Waals surface area contributed by atoms with Gasteiger partial charge in [0.15, 0.2) is 0 Å². The van der Waals surface area contributed by atoms with Crippen LogP contribution in [-0.2, 0) is 33.2 Å². The van der Waals surface area contributed by atoms with Gasteiger partial charge in [-0.25, -0.2) is 4.79 Å². The average molecular weight is 817 g/mol. The summed E-state index contributed by atoms with van der Waals surface area (Å²) in [4.78, 5) is 41.1. The van der Waals surface area contributed by atoms with E-state index in [1.165, 1.54) is 7.05 Å². The molecule has 2 aliphatic rings. The van der Waals surface area contributed by atoms with Crippen LogP contribution in [0.2, 0.25) is 10.0 Å². The molecule has 2 fully saturated rings. The molecule has 2 saturated heterocycles. The van der Waals surface area contributed by atoms with Gasteiger partial charge in [0.25, 0.3) is 11.8 Å². The fraction of sp³-hybridized carbons (Fsp3) is 0.400. The Bertz CT molecular complexity index is 1780. The van der Waals surface area contributed by atoms with Gasteiger partial charge in [-0.2, -0.15) is 39.5 Å². The second-order valence-corrected chi connectivity index (χ2v) is 13.3. The van der Waals surface area contributed by atoms with E-state index in [-0.39, 0.29) is 41.5 Å². The summed E-state index contributed by atoms with van der Waals surface area (Å²) < 4.78 is 119. The quantitative estimate of drug-likeness (QED) is 0.254. The Kier molecular flexibility index (Phi) is 13.6. The Balaban J connectivity index is 0.000000845. The average Bonchev–Trinajstić information content (AvgIpc) is 3.11. The number of piperidine rings is 1. The van der Waals surface area contributed by atoms with E-state index in [9.17, 15) is 49.1 Å². The Hall–Kier alpha value is -4.06. The second-order valence-electron chi connectivity index (χ2n) is 12.5. The van der Waals surface area contributed by atoms with Gasteiger partial charge in [-0.1, -0.05) is 59.6 Å². The predicted octanol–water partition coefficient (Wildman–Crippen LogP) is 8.02. The molecule has 0 radical (unpaired) electrons. The van der Waals surface area contributed by atoms with E-state index in [1.54, 1.807) is 23.1 Å². The zero-order chi connectivity index (χ0) is 40.2. The van der Waals surface area contributed by atoms with Gasteiger partial charge in [0.05, 0.1) is 27.8 Å². The minimum atomic E-state index is -5.11. The van der Waals surface area contributed by atoms with Crippen molar-refractivity contribution in [2.45, 2.75) is 49.6 Å². The third-order valence-electron chi connectivity index (χ3n) is 8.83. The molecule has 0 saturated carbocycles. The lowest BCUT2D eigenvalue weighted by atomic mass is 9.84. The molecule has 0 aromatic heterocycles. The second kappa shape index (κ2) is 17.2. The minimum absolute atomic E-state index is 0.0201. The van der Waals surface area contributed by atoms with Gasteiger partial charge >= 0.3 is 24.5 Å². The highest BCUT2D eigenvalue weighted by Crippen LogP contribution is 2.38. The lowest BCUT2D eigenvalue weighted by Crippen LogP contribution is -2.56. The molecule has 3 atom stereocenters. The van der Waals surface area contributed by atoms with Crippen LogP contribution in [0.5, 0.6) is 0 Å². The SMILES string of the molecule is CN(C(=O)c1cc(C(F)(F)F)cc(C(F)(F)F)c1)[C@@H]1CCN(C(=O)C2CN(Cc3ccccc3)CCO2)C[C@H]1c1ccc(Cl)c(Cl)c1.O=C(O)C(F)(F)F. The maximum Gasteiger partial charge on any atom is 0.490 e. The summed E-state index contributed by atoms with van der Waals surface area (Å²) in [6.07, 6.45) is -15.9. The third kappa shape index (κ3) is 11.0. The molecule has 1 N–H and O–H groups in total. The van der Waals surface area contributed by atoms with E-state index in [0.29, 0.717) is 43.9 Å². The Morgan fingerprint density at radius 2 is 1.43 bits per heavy atom. The molecular weight excluding hydrogens is 784 g/mol. The van der Waals surface area contributed by atoms with E-state index < -0.39 is 65.2 Å². The van der Waals surface area contributed by atoms with Gasteiger partial charge in [-0.15, -0.1) is 0 Å². The first-order valence-corrected chi connectivity index (χ1v) is 16.8. The van der Waals surface area contributed by atoms with Crippen LogP contribution in [0.15, 0.2) is 66.7 Å². The van der Waals surface area contributed by atoms with Crippen LogP contribution in [-0.4, -0.2) is 95.7 Å². The van der Waals surface area contributed by atoms with Crippen LogP contribution >= 0.6 is 23.2 Å². The van der Waals surface area contributed by atoms with E-state index in [0.717, 1.165) is 10.5 Å². The van der Waals surface area contributed by atoms with E-state index in [2.05, 4.69) is 4.90 Å². The standard InChI is InChI=1S/C33H31Cl2F6N3O3.C2HF3O2/c1-42(30(45)22-13-23(32(36,37)38)16-24(14-22)33(39,40)41)28-9-10-44(18-25(28)21-7-8-26(34)27(35)15-21)31(46)29-19-43(11-12-47-29)17-20-5-3-2-4-6-20;3-2(4,5)1(6)7/h2-8,13-16,25,28-29H,9-12,17-19H2,1H3;(H,6,7)/t25-,28+,29?;/m0./s1. The number of benzene rings is 3. The highest BCUT2D eigenvalue weighted by molar-refractivity contribution is 6.42. The number of morpholine rings is 1. The highest BCUT2D eigenvalue weighted by atomic mass is 35.5. The molecule has 2 aliphatic heterocycles. The number of carboxylic acid groups (broad SMARTS) is 1. The molecule has 3 aromatic carbocycles. The summed E-state index contributed by atoms with van der Waals surface area (Å²) in [5.41, 5.74) is -2.23.